The summed E-state index contributed by atoms with van der Waals surface area (Å²) in [6.45, 7) is 1.14. The number of nitrogens with zero attached hydrogens (tertiary/aromatic N) is 6. The summed E-state index contributed by atoms with van der Waals surface area (Å²) >= 11 is 0. The maximum Gasteiger partial charge on any atom is 0.472 e. The number of aliphatic hydroxyl groups is 3. The van der Waals surface area contributed by atoms with Crippen LogP contribution < -0.4 is 16.9 Å². The number of hydrogen-bond donors (Lipinski definition) is 7. The second-order valence-corrected chi connectivity index (χ2v) is 11.7. The average molecular weight is 609 g/mol. The maximum absolute atomic E-state index is 13.1. The third kappa shape index (κ3) is 4.92. The van der Waals surface area contributed by atoms with Crippen molar-refractivity contribution in [3.63, 3.8) is 0 Å². The van der Waals surface area contributed by atoms with Crippen molar-refractivity contribution >= 4 is 36.1 Å². The molecule has 0 spiro atoms. The van der Waals surface area contributed by atoms with E-state index in [1.165, 1.54) is 17.2 Å². The molecule has 2 fully saturated rings. The lowest BCUT2D eigenvalue weighted by atomic mass is 9.86. The zero-order valence-corrected chi connectivity index (χ0v) is 22.8. The first-order valence-electron chi connectivity index (χ1n) is 12.9. The highest BCUT2D eigenvalue weighted by atomic mass is 31.2. The second-order valence-electron chi connectivity index (χ2n) is 10.3. The SMILES string of the molecule is CC1CC[C@H]2[C@@H](O)[C@H](n3cnc4c(=O)[nH]cnc43)O[C@@H]2COP(=O)(O)O[C@@H]([C@@H](O)n2cnc3c(=O)[nH]c(N)nc32)[C@@H]1O. The van der Waals surface area contributed by atoms with E-state index in [4.69, 9.17) is 19.5 Å². The molecule has 2 aliphatic rings. The van der Waals surface area contributed by atoms with Crippen LogP contribution >= 0.6 is 7.82 Å². The molecule has 226 valence electrons. The van der Waals surface area contributed by atoms with Crippen molar-refractivity contribution in [2.75, 3.05) is 12.3 Å². The predicted octanol–water partition coefficient (Wildman–Crippen LogP) is -1.51. The number of fused-ring (bicyclic) bond motifs is 3. The number of nitrogens with one attached hydrogen (secondary N) is 2. The Labute approximate surface area is 234 Å². The Morgan fingerprint density at radius 2 is 1.83 bits per heavy atom. The Kier molecular flexibility index (Phi) is 7.22. The first kappa shape index (κ1) is 28.6. The molecule has 9 atom stereocenters. The van der Waals surface area contributed by atoms with Gasteiger partial charge in [-0.15, -0.1) is 0 Å². The summed E-state index contributed by atoms with van der Waals surface area (Å²) in [5.41, 5.74) is 4.39. The highest BCUT2D eigenvalue weighted by molar-refractivity contribution is 7.47. The molecule has 4 aromatic rings. The van der Waals surface area contributed by atoms with Crippen LogP contribution in [0.5, 0.6) is 0 Å². The van der Waals surface area contributed by atoms with Crippen molar-refractivity contribution in [1.82, 2.24) is 39.0 Å². The zero-order chi connectivity index (χ0) is 29.9. The molecular formula is C22H28N9O10P. The average Bonchev–Trinajstić information content (AvgIpc) is 3.64. The van der Waals surface area contributed by atoms with E-state index >= 15 is 0 Å². The molecule has 2 aliphatic heterocycles. The van der Waals surface area contributed by atoms with Crippen LogP contribution in [-0.4, -0.2) is 90.3 Å². The lowest BCUT2D eigenvalue weighted by Gasteiger charge is -2.32. The number of anilines is 1. The minimum absolute atomic E-state index is 0.0433. The number of ether oxygens (including phenoxy) is 1. The summed E-state index contributed by atoms with van der Waals surface area (Å²) in [4.78, 5) is 55.6. The normalized spacial score (nSPS) is 33.4. The van der Waals surface area contributed by atoms with E-state index in [9.17, 15) is 34.4 Å². The van der Waals surface area contributed by atoms with Crippen LogP contribution in [0.3, 0.4) is 0 Å². The molecule has 0 aromatic carbocycles. The molecule has 6 rings (SSSR count). The number of hydrogen-bond acceptors (Lipinski definition) is 14. The van der Waals surface area contributed by atoms with Crippen molar-refractivity contribution in [3.8, 4) is 0 Å². The first-order valence-corrected chi connectivity index (χ1v) is 14.4. The molecule has 0 radical (unpaired) electrons. The summed E-state index contributed by atoms with van der Waals surface area (Å²) in [6.07, 6.45) is -4.17. The minimum atomic E-state index is -4.98. The second kappa shape index (κ2) is 10.6. The zero-order valence-electron chi connectivity index (χ0n) is 21.9. The van der Waals surface area contributed by atoms with Gasteiger partial charge >= 0.3 is 7.82 Å². The number of aliphatic hydroxyl groups excluding tert-OH is 3. The van der Waals surface area contributed by atoms with Crippen LogP contribution in [-0.2, 0) is 18.3 Å². The molecular weight excluding hydrogens is 581 g/mol. The van der Waals surface area contributed by atoms with Gasteiger partial charge in [-0.1, -0.05) is 6.92 Å². The van der Waals surface area contributed by atoms with E-state index in [0.29, 0.717) is 0 Å². The largest absolute Gasteiger partial charge is 0.472 e. The topological polar surface area (TPSA) is 279 Å². The molecule has 2 saturated heterocycles. The number of aromatic nitrogens is 8. The molecule has 2 unspecified atom stereocenters. The fourth-order valence-corrected chi connectivity index (χ4v) is 6.42. The molecule has 8 N–H and O–H groups in total. The van der Waals surface area contributed by atoms with Gasteiger partial charge in [-0.25, -0.2) is 19.5 Å². The molecule has 20 heteroatoms. The molecule has 0 aliphatic carbocycles. The third-order valence-corrected chi connectivity index (χ3v) is 8.71. The molecule has 4 aromatic heterocycles. The number of imidazole rings is 2. The standard InChI is InChI=1S/C22H28N9O10P/c1-8-2-3-9-10(40-21(14(9)33)31-7-27-11-16(31)24-5-25-18(11)34)4-39-42(37,38)41-15(13(8)32)20(36)30-6-26-12-17(30)28-22(23)29-19(12)35/h5-10,13-15,20-21,32-33,36H,2-4H2,1H3,(H,37,38)(H,24,25,34)(H3,23,28,29,35)/t8?,9-,10-,13-,14-,15-,20-,21-/m1/s1. The van der Waals surface area contributed by atoms with Crippen LogP contribution in [0.4, 0.5) is 5.95 Å². The number of nitrogen functional groups attached to an aromatic ring is 1. The van der Waals surface area contributed by atoms with E-state index in [2.05, 4.69) is 29.9 Å². The van der Waals surface area contributed by atoms with Gasteiger partial charge in [-0.05, 0) is 18.8 Å². The van der Waals surface area contributed by atoms with Gasteiger partial charge in [-0.2, -0.15) is 4.98 Å². The van der Waals surface area contributed by atoms with Crippen molar-refractivity contribution in [2.24, 2.45) is 11.8 Å². The van der Waals surface area contributed by atoms with Crippen molar-refractivity contribution in [2.45, 2.75) is 56.6 Å². The van der Waals surface area contributed by atoms with E-state index in [1.54, 1.807) is 6.92 Å². The molecule has 0 bridgehead atoms. The van der Waals surface area contributed by atoms with E-state index in [0.717, 1.165) is 10.9 Å². The Balaban J connectivity index is 1.28. The van der Waals surface area contributed by atoms with Gasteiger partial charge in [0.15, 0.2) is 34.8 Å². The number of aromatic amines is 2. The Bertz CT molecular complexity index is 1790. The number of phosphoric ester groups is 1. The predicted molar refractivity (Wildman–Crippen MR) is 140 cm³/mol. The highest BCUT2D eigenvalue weighted by Gasteiger charge is 2.48. The molecule has 0 amide bonds. The van der Waals surface area contributed by atoms with Gasteiger partial charge < -0.3 is 35.7 Å². The van der Waals surface area contributed by atoms with E-state index in [-0.39, 0.29) is 41.1 Å². The van der Waals surface area contributed by atoms with Crippen molar-refractivity contribution < 1.29 is 38.6 Å². The fourth-order valence-electron chi connectivity index (χ4n) is 5.48. The highest BCUT2D eigenvalue weighted by Crippen LogP contribution is 2.50. The molecule has 6 heterocycles. The Morgan fingerprint density at radius 1 is 1.10 bits per heavy atom. The van der Waals surface area contributed by atoms with Crippen LogP contribution in [0.1, 0.15) is 32.2 Å². The van der Waals surface area contributed by atoms with E-state index < -0.39 is 74.3 Å². The molecule has 19 nitrogen and oxygen atoms in total. The van der Waals surface area contributed by atoms with Crippen LogP contribution in [0.25, 0.3) is 22.3 Å². The van der Waals surface area contributed by atoms with Crippen LogP contribution in [0.15, 0.2) is 28.6 Å². The number of H-pyrrole nitrogens is 2. The third-order valence-electron chi connectivity index (χ3n) is 7.72. The van der Waals surface area contributed by atoms with E-state index in [1.807, 2.05) is 0 Å². The van der Waals surface area contributed by atoms with Gasteiger partial charge in [0.25, 0.3) is 11.1 Å². The quantitative estimate of drug-likeness (QED) is 0.130. The van der Waals surface area contributed by atoms with Gasteiger partial charge in [-0.3, -0.25) is 32.8 Å². The molecule has 42 heavy (non-hydrogen) atoms. The smallest absolute Gasteiger partial charge is 0.390 e. The van der Waals surface area contributed by atoms with Gasteiger partial charge in [0.2, 0.25) is 5.95 Å². The van der Waals surface area contributed by atoms with Crippen LogP contribution in [0, 0.1) is 11.8 Å². The number of rotatable bonds is 3. The summed E-state index contributed by atoms with van der Waals surface area (Å²) in [6, 6.07) is 0. The van der Waals surface area contributed by atoms with Gasteiger partial charge in [0, 0.05) is 5.92 Å². The van der Waals surface area contributed by atoms with Gasteiger partial charge in [0.05, 0.1) is 37.8 Å². The number of phosphoric acid groups is 1. The first-order chi connectivity index (χ1) is 19.9. The Morgan fingerprint density at radius 3 is 2.62 bits per heavy atom. The summed E-state index contributed by atoms with van der Waals surface area (Å²) in [5, 5.41) is 33.7. The fraction of sp³-hybridized carbons (Fsp3) is 0.545. The maximum atomic E-state index is 13.1. The summed E-state index contributed by atoms with van der Waals surface area (Å²) in [7, 11) is -4.98. The lowest BCUT2D eigenvalue weighted by molar-refractivity contribution is -0.105. The summed E-state index contributed by atoms with van der Waals surface area (Å²) < 4.78 is 32.0. The molecule has 0 saturated carbocycles. The Hall–Kier alpha value is -3.55. The minimum Gasteiger partial charge on any atom is -0.390 e. The van der Waals surface area contributed by atoms with Crippen molar-refractivity contribution in [1.29, 1.82) is 0 Å². The number of nitrogens with two attached hydrogens (primary N) is 1. The summed E-state index contributed by atoms with van der Waals surface area (Å²) in [5.74, 6) is -1.55. The van der Waals surface area contributed by atoms with Gasteiger partial charge in [0.1, 0.15) is 12.2 Å². The monoisotopic (exact) mass is 609 g/mol. The van der Waals surface area contributed by atoms with Crippen LogP contribution in [0.2, 0.25) is 0 Å². The van der Waals surface area contributed by atoms with Crippen molar-refractivity contribution in [3.05, 3.63) is 39.7 Å². The lowest BCUT2D eigenvalue weighted by Crippen LogP contribution is -2.41.